The third-order valence-corrected chi connectivity index (χ3v) is 5.08. The summed E-state index contributed by atoms with van der Waals surface area (Å²) in [4.78, 5) is 37.9. The van der Waals surface area contributed by atoms with Gasteiger partial charge in [0, 0.05) is 13.0 Å². The molecule has 0 aromatic rings. The molecule has 0 spiro atoms. The van der Waals surface area contributed by atoms with Crippen LogP contribution >= 0.6 is 0 Å². The summed E-state index contributed by atoms with van der Waals surface area (Å²) in [6.07, 6.45) is 5.26. The predicted octanol–water partition coefficient (Wildman–Crippen LogP) is 2.90. The van der Waals surface area contributed by atoms with Crippen molar-refractivity contribution >= 4 is 17.9 Å². The molecule has 0 amide bonds. The third kappa shape index (κ3) is 8.22. The number of carbonyl (C=O) groups is 3. The summed E-state index contributed by atoms with van der Waals surface area (Å²) in [6.45, 7) is 8.93. The fourth-order valence-electron chi connectivity index (χ4n) is 3.53. The summed E-state index contributed by atoms with van der Waals surface area (Å²) in [5, 5.41) is 0. The molecule has 0 saturated heterocycles. The van der Waals surface area contributed by atoms with E-state index in [0.717, 1.165) is 19.3 Å². The van der Waals surface area contributed by atoms with Crippen molar-refractivity contribution in [1.29, 1.82) is 0 Å². The maximum atomic E-state index is 12.8. The third-order valence-electron chi connectivity index (χ3n) is 5.08. The van der Waals surface area contributed by atoms with Crippen LogP contribution < -0.4 is 5.73 Å². The van der Waals surface area contributed by atoms with Crippen molar-refractivity contribution in [1.82, 2.24) is 0 Å². The molecule has 0 aromatic carbocycles. The molecule has 2 N–H and O–H groups in total. The van der Waals surface area contributed by atoms with E-state index in [1.165, 1.54) is 12.8 Å². The molecule has 0 aromatic heterocycles. The average Bonchev–Trinajstić information content (AvgIpc) is 3.16. The normalized spacial score (nSPS) is 16.2. The molecule has 8 heteroatoms. The fourth-order valence-corrected chi connectivity index (χ4v) is 3.53. The Morgan fingerprint density at radius 2 is 1.53 bits per heavy atom. The van der Waals surface area contributed by atoms with Crippen LogP contribution in [0.25, 0.3) is 0 Å². The number of nitrogens with two attached hydrogens (primary N) is 1. The van der Waals surface area contributed by atoms with Crippen LogP contribution in [0, 0.1) is 5.92 Å². The molecule has 0 aliphatic heterocycles. The first kappa shape index (κ1) is 26.4. The lowest BCUT2D eigenvalue weighted by atomic mass is 9.94. The van der Waals surface area contributed by atoms with Gasteiger partial charge >= 0.3 is 17.9 Å². The van der Waals surface area contributed by atoms with Gasteiger partial charge in [0.2, 0.25) is 0 Å². The predicted molar refractivity (Wildman–Crippen MR) is 112 cm³/mol. The molecule has 0 radical (unpaired) electrons. The van der Waals surface area contributed by atoms with Gasteiger partial charge in [0.25, 0.3) is 5.60 Å². The molecule has 1 aliphatic rings. The Balaban J connectivity index is 2.94. The van der Waals surface area contributed by atoms with Crippen molar-refractivity contribution in [3.63, 3.8) is 0 Å². The maximum absolute atomic E-state index is 12.8. The van der Waals surface area contributed by atoms with Crippen LogP contribution in [0.4, 0.5) is 0 Å². The summed E-state index contributed by atoms with van der Waals surface area (Å²) in [5.74, 6) is -1.70. The highest BCUT2D eigenvalue weighted by molar-refractivity contribution is 6.03. The largest absolute Gasteiger partial charge is 0.463 e. The van der Waals surface area contributed by atoms with Gasteiger partial charge in [-0.2, -0.15) is 0 Å². The van der Waals surface area contributed by atoms with Gasteiger partial charge in [0.1, 0.15) is 11.6 Å². The molecule has 1 unspecified atom stereocenters. The van der Waals surface area contributed by atoms with Gasteiger partial charge in [-0.1, -0.05) is 25.7 Å². The van der Waals surface area contributed by atoms with E-state index in [2.05, 4.69) is 0 Å². The molecular weight excluding hydrogens is 390 g/mol. The van der Waals surface area contributed by atoms with E-state index in [-0.39, 0.29) is 32.7 Å². The highest BCUT2D eigenvalue weighted by atomic mass is 16.6. The average molecular weight is 430 g/mol. The maximum Gasteiger partial charge on any atom is 0.350 e. The highest BCUT2D eigenvalue weighted by Gasteiger charge is 2.50. The second-order valence-corrected chi connectivity index (χ2v) is 8.73. The SMILES string of the molecule is CCOC(=O)C(CCC(N)C(=O)OC(C)(C)C)(OCCC1CCCC1)C(=O)OCC. The Labute approximate surface area is 180 Å². The molecule has 1 fully saturated rings. The van der Waals surface area contributed by atoms with Crippen LogP contribution in [-0.2, 0) is 33.3 Å². The van der Waals surface area contributed by atoms with Crippen LogP contribution in [0.3, 0.4) is 0 Å². The van der Waals surface area contributed by atoms with Crippen LogP contribution in [0.5, 0.6) is 0 Å². The van der Waals surface area contributed by atoms with Crippen molar-refractivity contribution in [2.45, 2.75) is 96.8 Å². The van der Waals surface area contributed by atoms with E-state index in [1.807, 2.05) is 0 Å². The lowest BCUT2D eigenvalue weighted by molar-refractivity contribution is -0.193. The fraction of sp³-hybridized carbons (Fsp3) is 0.864. The van der Waals surface area contributed by atoms with Gasteiger partial charge in [-0.3, -0.25) is 4.79 Å². The Morgan fingerprint density at radius 3 is 2.00 bits per heavy atom. The van der Waals surface area contributed by atoms with Crippen LogP contribution in [0.15, 0.2) is 0 Å². The Kier molecular flexibility index (Phi) is 10.8. The van der Waals surface area contributed by atoms with Crippen LogP contribution in [0.1, 0.15) is 79.6 Å². The molecule has 30 heavy (non-hydrogen) atoms. The molecule has 1 aliphatic carbocycles. The molecule has 1 saturated carbocycles. The summed E-state index contributed by atoms with van der Waals surface area (Å²) < 4.78 is 21.5. The quantitative estimate of drug-likeness (QED) is 0.286. The van der Waals surface area contributed by atoms with Crippen molar-refractivity contribution in [3.8, 4) is 0 Å². The van der Waals surface area contributed by atoms with E-state index in [0.29, 0.717) is 5.92 Å². The van der Waals surface area contributed by atoms with Gasteiger partial charge in [-0.25, -0.2) is 9.59 Å². The van der Waals surface area contributed by atoms with E-state index in [9.17, 15) is 14.4 Å². The van der Waals surface area contributed by atoms with E-state index in [4.69, 9.17) is 24.7 Å². The molecule has 1 atom stereocenters. The van der Waals surface area contributed by atoms with E-state index < -0.39 is 35.2 Å². The zero-order valence-corrected chi connectivity index (χ0v) is 19.2. The van der Waals surface area contributed by atoms with Crippen LogP contribution in [-0.4, -0.2) is 55.0 Å². The van der Waals surface area contributed by atoms with E-state index in [1.54, 1.807) is 34.6 Å². The first-order valence-electron chi connectivity index (χ1n) is 11.0. The molecular formula is C22H39NO7. The van der Waals surface area contributed by atoms with Gasteiger partial charge in [-0.15, -0.1) is 0 Å². The van der Waals surface area contributed by atoms with Gasteiger partial charge in [0.05, 0.1) is 13.2 Å². The monoisotopic (exact) mass is 429 g/mol. The standard InChI is InChI=1S/C22H39NO7/c1-6-27-19(25)22(20(26)28-7-2,29-15-13-16-10-8-9-11-16)14-12-17(23)18(24)30-21(3,4)5/h16-17H,6-15,23H2,1-5H3. The second-order valence-electron chi connectivity index (χ2n) is 8.73. The molecule has 0 heterocycles. The van der Waals surface area contributed by atoms with Crippen molar-refractivity contribution < 1.29 is 33.3 Å². The van der Waals surface area contributed by atoms with Gasteiger partial charge < -0.3 is 24.7 Å². The van der Waals surface area contributed by atoms with Crippen molar-refractivity contribution in [2.24, 2.45) is 11.7 Å². The Morgan fingerprint density at radius 1 is 1.00 bits per heavy atom. The lowest BCUT2D eigenvalue weighted by Gasteiger charge is -2.30. The summed E-state index contributed by atoms with van der Waals surface area (Å²) in [7, 11) is 0. The van der Waals surface area contributed by atoms with Gasteiger partial charge in [0.15, 0.2) is 0 Å². The minimum atomic E-state index is -1.94. The van der Waals surface area contributed by atoms with Crippen molar-refractivity contribution in [3.05, 3.63) is 0 Å². The molecule has 1 rings (SSSR count). The second kappa shape index (κ2) is 12.2. The number of hydrogen-bond acceptors (Lipinski definition) is 8. The van der Waals surface area contributed by atoms with E-state index >= 15 is 0 Å². The summed E-state index contributed by atoms with van der Waals surface area (Å²) >= 11 is 0. The minimum Gasteiger partial charge on any atom is -0.463 e. The lowest BCUT2D eigenvalue weighted by Crippen LogP contribution is -2.53. The van der Waals surface area contributed by atoms with Gasteiger partial charge in [-0.05, 0) is 53.4 Å². The summed E-state index contributed by atoms with van der Waals surface area (Å²) in [5.41, 5.74) is 3.34. The van der Waals surface area contributed by atoms with Crippen molar-refractivity contribution in [2.75, 3.05) is 19.8 Å². The topological polar surface area (TPSA) is 114 Å². The number of ether oxygens (including phenoxy) is 4. The molecule has 8 nitrogen and oxygen atoms in total. The smallest absolute Gasteiger partial charge is 0.350 e. The number of rotatable bonds is 12. The number of carbonyl (C=O) groups excluding carboxylic acids is 3. The number of esters is 3. The summed E-state index contributed by atoms with van der Waals surface area (Å²) in [6, 6.07) is -1.01. The zero-order chi connectivity index (χ0) is 22.8. The highest BCUT2D eigenvalue weighted by Crippen LogP contribution is 2.30. The zero-order valence-electron chi connectivity index (χ0n) is 19.2. The Hall–Kier alpha value is -1.67. The molecule has 174 valence electrons. The molecule has 0 bridgehead atoms. The minimum absolute atomic E-state index is 0.00989. The number of hydrogen-bond donors (Lipinski definition) is 1. The first-order chi connectivity index (χ1) is 14.1. The van der Waals surface area contributed by atoms with Crippen LogP contribution in [0.2, 0.25) is 0 Å². The first-order valence-corrected chi connectivity index (χ1v) is 11.0. The Bertz CT molecular complexity index is 546.